The van der Waals surface area contributed by atoms with E-state index in [1.165, 1.54) is 0 Å². The lowest BCUT2D eigenvalue weighted by atomic mass is 9.92. The van der Waals surface area contributed by atoms with Crippen molar-refractivity contribution < 1.29 is 14.3 Å². The van der Waals surface area contributed by atoms with E-state index in [9.17, 15) is 9.59 Å². The average molecular weight is 419 g/mol. The minimum absolute atomic E-state index is 0.0216. The highest BCUT2D eigenvalue weighted by molar-refractivity contribution is 7.99. The van der Waals surface area contributed by atoms with Crippen molar-refractivity contribution in [1.29, 1.82) is 0 Å². The molecule has 1 aromatic rings. The third-order valence-electron chi connectivity index (χ3n) is 6.22. The van der Waals surface area contributed by atoms with Crippen LogP contribution in [0.25, 0.3) is 0 Å². The molecule has 3 aliphatic rings. The molecule has 8 heteroatoms. The topological polar surface area (TPSA) is 84.4 Å². The Kier molecular flexibility index (Phi) is 7.02. The van der Waals surface area contributed by atoms with Gasteiger partial charge in [0.2, 0.25) is 5.91 Å². The van der Waals surface area contributed by atoms with Crippen LogP contribution < -0.4 is 5.32 Å². The predicted molar refractivity (Wildman–Crippen MR) is 110 cm³/mol. The van der Waals surface area contributed by atoms with E-state index in [4.69, 9.17) is 4.74 Å². The highest BCUT2D eigenvalue weighted by atomic mass is 32.2. The van der Waals surface area contributed by atoms with Crippen LogP contribution in [0.3, 0.4) is 0 Å². The molecule has 2 saturated heterocycles. The fourth-order valence-electron chi connectivity index (χ4n) is 4.48. The second-order valence-electron chi connectivity index (χ2n) is 8.23. The van der Waals surface area contributed by atoms with Gasteiger partial charge in [-0.2, -0.15) is 0 Å². The van der Waals surface area contributed by atoms with E-state index < -0.39 is 0 Å². The summed E-state index contributed by atoms with van der Waals surface area (Å²) in [6, 6.07) is 2.10. The Morgan fingerprint density at radius 3 is 2.41 bits per heavy atom. The summed E-state index contributed by atoms with van der Waals surface area (Å²) in [5.74, 6) is 0.296. The van der Waals surface area contributed by atoms with E-state index in [1.54, 1.807) is 24.2 Å². The molecule has 0 spiro atoms. The number of rotatable bonds is 5. The number of hydrogen-bond acceptors (Lipinski definition) is 6. The van der Waals surface area contributed by atoms with Gasteiger partial charge in [0.15, 0.2) is 5.16 Å². The third kappa shape index (κ3) is 5.48. The maximum Gasteiger partial charge on any atom is 0.251 e. The molecule has 1 N–H and O–H groups in total. The molecule has 1 aliphatic carbocycles. The molecule has 3 fully saturated rings. The molecule has 2 aliphatic heterocycles. The van der Waals surface area contributed by atoms with E-state index in [-0.39, 0.29) is 29.9 Å². The summed E-state index contributed by atoms with van der Waals surface area (Å²) in [7, 11) is 0. The van der Waals surface area contributed by atoms with E-state index in [0.29, 0.717) is 24.9 Å². The number of hydrogen-bond donors (Lipinski definition) is 1. The molecule has 0 radical (unpaired) electrons. The van der Waals surface area contributed by atoms with Crippen LogP contribution in [0.5, 0.6) is 0 Å². The Hall–Kier alpha value is -1.67. The maximum atomic E-state index is 12.7. The van der Waals surface area contributed by atoms with Crippen LogP contribution in [0.2, 0.25) is 0 Å². The SMILES string of the molecule is O=C(NC1CCC(Sc2ncccn2)CC1)C1CCN(C(=O)C2CCCO2)CC1. The molecular weight excluding hydrogens is 388 g/mol. The van der Waals surface area contributed by atoms with Crippen LogP contribution in [-0.4, -0.2) is 63.8 Å². The van der Waals surface area contributed by atoms with Crippen molar-refractivity contribution in [3.8, 4) is 0 Å². The van der Waals surface area contributed by atoms with Crippen LogP contribution in [0.15, 0.2) is 23.6 Å². The summed E-state index contributed by atoms with van der Waals surface area (Å²) in [4.78, 5) is 35.6. The first kappa shape index (κ1) is 20.6. The number of piperidine rings is 1. The number of carbonyl (C=O) groups excluding carboxylic acids is 2. The Balaban J connectivity index is 1.16. The molecule has 3 heterocycles. The number of amides is 2. The monoisotopic (exact) mass is 418 g/mol. The Morgan fingerprint density at radius 2 is 1.76 bits per heavy atom. The van der Waals surface area contributed by atoms with E-state index in [0.717, 1.165) is 56.5 Å². The van der Waals surface area contributed by atoms with Crippen molar-refractivity contribution in [1.82, 2.24) is 20.2 Å². The number of ether oxygens (including phenoxy) is 1. The predicted octanol–water partition coefficient (Wildman–Crippen LogP) is 2.41. The zero-order chi connectivity index (χ0) is 20.1. The molecule has 1 unspecified atom stereocenters. The Labute approximate surface area is 176 Å². The quantitative estimate of drug-likeness (QED) is 0.740. The van der Waals surface area contributed by atoms with Gasteiger partial charge in [0, 0.05) is 49.3 Å². The molecule has 4 rings (SSSR count). The highest BCUT2D eigenvalue weighted by Gasteiger charge is 2.33. The van der Waals surface area contributed by atoms with Crippen molar-refractivity contribution in [3.05, 3.63) is 18.5 Å². The average Bonchev–Trinajstić information content (AvgIpc) is 3.30. The van der Waals surface area contributed by atoms with Crippen LogP contribution in [0.4, 0.5) is 0 Å². The number of aromatic nitrogens is 2. The number of likely N-dealkylation sites (tertiary alicyclic amines) is 1. The van der Waals surface area contributed by atoms with Crippen molar-refractivity contribution in [2.24, 2.45) is 5.92 Å². The van der Waals surface area contributed by atoms with E-state index in [1.807, 2.05) is 11.0 Å². The standard InChI is InChI=1S/C21H30N4O3S/c26-19(15-8-12-25(13-9-15)20(27)18-3-1-14-28-18)24-16-4-6-17(7-5-16)29-21-22-10-2-11-23-21/h2,10-11,15-18H,1,3-9,12-14H2,(H,24,26). The lowest BCUT2D eigenvalue weighted by Gasteiger charge is -2.34. The molecular formula is C21H30N4O3S. The fraction of sp³-hybridized carbons (Fsp3) is 0.714. The Bertz CT molecular complexity index is 682. The summed E-state index contributed by atoms with van der Waals surface area (Å²) < 4.78 is 5.51. The van der Waals surface area contributed by atoms with Gasteiger partial charge in [-0.15, -0.1) is 0 Å². The van der Waals surface area contributed by atoms with Crippen LogP contribution >= 0.6 is 11.8 Å². The normalized spacial score (nSPS) is 28.3. The smallest absolute Gasteiger partial charge is 0.251 e. The Morgan fingerprint density at radius 1 is 1.03 bits per heavy atom. The summed E-state index contributed by atoms with van der Waals surface area (Å²) >= 11 is 1.74. The minimum Gasteiger partial charge on any atom is -0.368 e. The van der Waals surface area contributed by atoms with Gasteiger partial charge >= 0.3 is 0 Å². The van der Waals surface area contributed by atoms with Gasteiger partial charge in [-0.3, -0.25) is 9.59 Å². The fourth-order valence-corrected chi connectivity index (χ4v) is 5.53. The van der Waals surface area contributed by atoms with Gasteiger partial charge < -0.3 is 15.0 Å². The summed E-state index contributed by atoms with van der Waals surface area (Å²) in [6.07, 6.45) is 10.8. The number of nitrogens with zero attached hydrogens (tertiary/aromatic N) is 3. The first-order chi connectivity index (χ1) is 14.2. The zero-order valence-electron chi connectivity index (χ0n) is 16.8. The molecule has 0 bridgehead atoms. The molecule has 1 atom stereocenters. The van der Waals surface area contributed by atoms with E-state index in [2.05, 4.69) is 15.3 Å². The molecule has 158 valence electrons. The van der Waals surface area contributed by atoms with Gasteiger partial charge in [-0.1, -0.05) is 11.8 Å². The number of nitrogens with one attached hydrogen (secondary N) is 1. The number of thioether (sulfide) groups is 1. The lowest BCUT2D eigenvalue weighted by Crippen LogP contribution is -2.48. The van der Waals surface area contributed by atoms with Gasteiger partial charge in [-0.25, -0.2) is 9.97 Å². The maximum absolute atomic E-state index is 12.7. The minimum atomic E-state index is -0.255. The second kappa shape index (κ2) is 9.89. The first-order valence-electron chi connectivity index (χ1n) is 10.8. The van der Waals surface area contributed by atoms with Crippen LogP contribution in [0, 0.1) is 5.92 Å². The van der Waals surface area contributed by atoms with Crippen molar-refractivity contribution in [2.45, 2.75) is 73.9 Å². The van der Waals surface area contributed by atoms with Gasteiger partial charge in [0.25, 0.3) is 5.91 Å². The zero-order valence-corrected chi connectivity index (χ0v) is 17.6. The van der Waals surface area contributed by atoms with Gasteiger partial charge in [0.1, 0.15) is 6.10 Å². The van der Waals surface area contributed by atoms with Crippen molar-refractivity contribution >= 4 is 23.6 Å². The molecule has 1 saturated carbocycles. The van der Waals surface area contributed by atoms with Crippen molar-refractivity contribution in [3.63, 3.8) is 0 Å². The molecule has 7 nitrogen and oxygen atoms in total. The van der Waals surface area contributed by atoms with Crippen molar-refractivity contribution in [2.75, 3.05) is 19.7 Å². The third-order valence-corrected chi connectivity index (χ3v) is 7.44. The first-order valence-corrected chi connectivity index (χ1v) is 11.7. The highest BCUT2D eigenvalue weighted by Crippen LogP contribution is 2.32. The summed E-state index contributed by atoms with van der Waals surface area (Å²) in [6.45, 7) is 2.02. The molecule has 1 aromatic heterocycles. The van der Waals surface area contributed by atoms with E-state index >= 15 is 0 Å². The van der Waals surface area contributed by atoms with Crippen LogP contribution in [-0.2, 0) is 14.3 Å². The summed E-state index contributed by atoms with van der Waals surface area (Å²) in [5.41, 5.74) is 0. The lowest BCUT2D eigenvalue weighted by molar-refractivity contribution is -0.143. The van der Waals surface area contributed by atoms with Crippen LogP contribution in [0.1, 0.15) is 51.4 Å². The summed E-state index contributed by atoms with van der Waals surface area (Å²) in [5, 5.41) is 4.63. The molecule has 29 heavy (non-hydrogen) atoms. The largest absolute Gasteiger partial charge is 0.368 e. The van der Waals surface area contributed by atoms with Gasteiger partial charge in [-0.05, 0) is 57.4 Å². The molecule has 0 aromatic carbocycles. The molecule has 2 amide bonds. The second-order valence-corrected chi connectivity index (χ2v) is 9.50. The van der Waals surface area contributed by atoms with Gasteiger partial charge in [0.05, 0.1) is 0 Å². The number of carbonyl (C=O) groups is 2.